The number of sulfonamides is 1. The summed E-state index contributed by atoms with van der Waals surface area (Å²) in [4.78, 5) is 13.0. The van der Waals surface area contributed by atoms with Gasteiger partial charge in [0.25, 0.3) is 10.0 Å². The quantitative estimate of drug-likeness (QED) is 0.219. The first-order chi connectivity index (χ1) is 19.7. The molecule has 0 atom stereocenters. The third-order valence-corrected chi connectivity index (χ3v) is 9.04. The predicted molar refractivity (Wildman–Crippen MR) is 159 cm³/mol. The van der Waals surface area contributed by atoms with Crippen LogP contribution in [0.3, 0.4) is 0 Å². The fourth-order valence-corrected chi connectivity index (χ4v) is 6.83. The lowest BCUT2D eigenvalue weighted by atomic mass is 10.0. The number of carboxylic acids is 1. The molecule has 0 unspecified atom stereocenters. The van der Waals surface area contributed by atoms with E-state index >= 15 is 0 Å². The molecule has 2 heterocycles. The molecule has 0 fully saturated rings. The summed E-state index contributed by atoms with van der Waals surface area (Å²) in [5, 5.41) is 11.1. The molecule has 0 saturated carbocycles. The van der Waals surface area contributed by atoms with Crippen molar-refractivity contribution in [3.05, 3.63) is 102 Å². The molecule has 0 saturated heterocycles. The zero-order valence-corrected chi connectivity index (χ0v) is 23.7. The zero-order valence-electron chi connectivity index (χ0n) is 22.0. The first kappa shape index (κ1) is 26.5. The maximum atomic E-state index is 13.3. The van der Waals surface area contributed by atoms with Gasteiger partial charge in [-0.2, -0.15) is 8.75 Å². The van der Waals surface area contributed by atoms with Crippen molar-refractivity contribution in [2.75, 3.05) is 11.8 Å². The summed E-state index contributed by atoms with van der Waals surface area (Å²) in [6.45, 7) is 2.01. The Labute approximate surface area is 240 Å². The Kier molecular flexibility index (Phi) is 6.68. The normalized spacial score (nSPS) is 11.7. The van der Waals surface area contributed by atoms with Crippen LogP contribution in [-0.4, -0.2) is 39.9 Å². The number of aromatic nitrogens is 3. The summed E-state index contributed by atoms with van der Waals surface area (Å²) in [7, 11) is -2.30. The van der Waals surface area contributed by atoms with Crippen molar-refractivity contribution in [2.45, 2.75) is 18.4 Å². The molecular weight excluding hydrogens is 560 g/mol. The van der Waals surface area contributed by atoms with Crippen LogP contribution >= 0.6 is 11.7 Å². The minimum atomic E-state index is -3.89. The summed E-state index contributed by atoms with van der Waals surface area (Å²) in [6, 6.07) is 24.6. The number of benzene rings is 4. The van der Waals surface area contributed by atoms with Gasteiger partial charge in [0.15, 0.2) is 0 Å². The largest absolute Gasteiger partial charge is 0.497 e. The molecule has 0 aliphatic heterocycles. The summed E-state index contributed by atoms with van der Waals surface area (Å²) in [6.07, 6.45) is 0. The number of aromatic carboxylic acids is 1. The van der Waals surface area contributed by atoms with E-state index in [9.17, 15) is 18.3 Å². The molecule has 41 heavy (non-hydrogen) atoms. The Balaban J connectivity index is 1.55. The predicted octanol–water partition coefficient (Wildman–Crippen LogP) is 6.18. The lowest BCUT2D eigenvalue weighted by molar-refractivity contribution is 0.0687. The smallest absolute Gasteiger partial charge is 0.353 e. The van der Waals surface area contributed by atoms with Crippen molar-refractivity contribution in [3.63, 3.8) is 0 Å². The van der Waals surface area contributed by atoms with Gasteiger partial charge < -0.3 is 14.4 Å². The molecule has 0 amide bonds. The highest BCUT2D eigenvalue weighted by atomic mass is 32.2. The van der Waals surface area contributed by atoms with E-state index in [-0.39, 0.29) is 17.1 Å². The van der Waals surface area contributed by atoms with E-state index in [0.717, 1.165) is 17.3 Å². The summed E-state index contributed by atoms with van der Waals surface area (Å²) < 4.78 is 44.8. The number of carboxylic acid groups (broad SMARTS) is 1. The minimum Gasteiger partial charge on any atom is -0.497 e. The van der Waals surface area contributed by atoms with Gasteiger partial charge in [-0.15, -0.1) is 0 Å². The standard InChI is InChI=1S/C30H24N4O5S2/c1-18-5-3-4-6-27(18)41(37,38)33-21-10-14-26-23(16-21)28(20-9-13-24-25(15-20)32-40-31-24)29(30(35)36)34(26)17-19-7-11-22(39-2)12-8-19/h3-16,33H,17H2,1-2H3,(H,35,36). The zero-order chi connectivity index (χ0) is 28.7. The summed E-state index contributed by atoms with van der Waals surface area (Å²) >= 11 is 1.08. The third kappa shape index (κ3) is 4.90. The van der Waals surface area contributed by atoms with Gasteiger partial charge in [0.2, 0.25) is 0 Å². The Bertz CT molecular complexity index is 2050. The molecular formula is C30H24N4O5S2. The molecule has 9 nitrogen and oxygen atoms in total. The second-order valence-corrected chi connectivity index (χ2v) is 11.7. The second-order valence-electron chi connectivity index (χ2n) is 9.53. The number of rotatable bonds is 8. The number of fused-ring (bicyclic) bond motifs is 2. The van der Waals surface area contributed by atoms with Gasteiger partial charge in [-0.3, -0.25) is 4.72 Å². The van der Waals surface area contributed by atoms with E-state index in [4.69, 9.17) is 4.74 Å². The highest BCUT2D eigenvalue weighted by Crippen LogP contribution is 2.38. The number of anilines is 1. The topological polar surface area (TPSA) is 123 Å². The van der Waals surface area contributed by atoms with Crippen molar-refractivity contribution >= 4 is 55.3 Å². The van der Waals surface area contributed by atoms with E-state index in [1.54, 1.807) is 67.1 Å². The van der Waals surface area contributed by atoms with Crippen LogP contribution in [0.2, 0.25) is 0 Å². The molecule has 0 radical (unpaired) electrons. The van der Waals surface area contributed by atoms with Gasteiger partial charge >= 0.3 is 5.97 Å². The maximum Gasteiger partial charge on any atom is 0.353 e. The van der Waals surface area contributed by atoms with Crippen LogP contribution in [0.5, 0.6) is 5.75 Å². The van der Waals surface area contributed by atoms with Gasteiger partial charge in [0.05, 0.1) is 23.7 Å². The minimum absolute atomic E-state index is 0.0808. The Morgan fingerprint density at radius 3 is 2.46 bits per heavy atom. The highest BCUT2D eigenvalue weighted by Gasteiger charge is 2.25. The number of nitrogens with zero attached hydrogens (tertiary/aromatic N) is 3. The molecule has 0 bridgehead atoms. The van der Waals surface area contributed by atoms with Crippen LogP contribution in [0.4, 0.5) is 5.69 Å². The molecule has 0 aliphatic carbocycles. The van der Waals surface area contributed by atoms with Crippen molar-refractivity contribution in [1.29, 1.82) is 0 Å². The number of hydrogen-bond acceptors (Lipinski definition) is 7. The van der Waals surface area contributed by atoms with Gasteiger partial charge in [0, 0.05) is 28.7 Å². The van der Waals surface area contributed by atoms with E-state index in [0.29, 0.717) is 50.1 Å². The Hall–Kier alpha value is -4.74. The number of methoxy groups -OCH3 is 1. The lowest BCUT2D eigenvalue weighted by Gasteiger charge is -2.12. The molecule has 6 aromatic rings. The summed E-state index contributed by atoms with van der Waals surface area (Å²) in [5.74, 6) is -0.413. The van der Waals surface area contributed by atoms with Gasteiger partial charge in [-0.05, 0) is 72.1 Å². The van der Waals surface area contributed by atoms with Gasteiger partial charge in [0.1, 0.15) is 22.5 Å². The van der Waals surface area contributed by atoms with Crippen LogP contribution < -0.4 is 9.46 Å². The van der Waals surface area contributed by atoms with E-state index in [1.165, 1.54) is 0 Å². The van der Waals surface area contributed by atoms with Crippen LogP contribution in [0.1, 0.15) is 21.6 Å². The van der Waals surface area contributed by atoms with E-state index in [2.05, 4.69) is 13.5 Å². The number of carbonyl (C=O) groups is 1. The van der Waals surface area contributed by atoms with Crippen LogP contribution in [0.25, 0.3) is 33.1 Å². The van der Waals surface area contributed by atoms with Crippen molar-refractivity contribution in [3.8, 4) is 16.9 Å². The molecule has 2 aromatic heterocycles. The number of hydrogen-bond donors (Lipinski definition) is 2. The third-order valence-electron chi connectivity index (χ3n) is 6.94. The average Bonchev–Trinajstić information content (AvgIpc) is 3.55. The first-order valence-corrected chi connectivity index (χ1v) is 14.8. The van der Waals surface area contributed by atoms with Crippen LogP contribution in [-0.2, 0) is 16.6 Å². The molecule has 4 aromatic carbocycles. The Morgan fingerprint density at radius 1 is 0.976 bits per heavy atom. The van der Waals surface area contributed by atoms with Crippen LogP contribution in [0, 0.1) is 6.92 Å². The average molecular weight is 585 g/mol. The summed E-state index contributed by atoms with van der Waals surface area (Å²) in [5.41, 5.74) is 5.00. The molecule has 0 spiro atoms. The van der Waals surface area contributed by atoms with Crippen molar-refractivity contribution in [2.24, 2.45) is 0 Å². The lowest BCUT2D eigenvalue weighted by Crippen LogP contribution is -2.14. The van der Waals surface area contributed by atoms with E-state index < -0.39 is 16.0 Å². The molecule has 11 heteroatoms. The van der Waals surface area contributed by atoms with Gasteiger partial charge in [-0.25, -0.2) is 13.2 Å². The molecule has 0 aliphatic rings. The Morgan fingerprint density at radius 2 is 1.73 bits per heavy atom. The number of nitrogens with one attached hydrogen (secondary N) is 1. The fraction of sp³-hybridized carbons (Fsp3) is 0.100. The first-order valence-electron chi connectivity index (χ1n) is 12.6. The van der Waals surface area contributed by atoms with Gasteiger partial charge in [-0.1, -0.05) is 36.4 Å². The monoisotopic (exact) mass is 584 g/mol. The number of ether oxygens (including phenoxy) is 1. The van der Waals surface area contributed by atoms with Crippen LogP contribution in [0.15, 0.2) is 89.8 Å². The number of aryl methyl sites for hydroxylation is 1. The molecule has 6 rings (SSSR count). The fourth-order valence-electron chi connectivity index (χ4n) is 5.02. The second kappa shape index (κ2) is 10.3. The maximum absolute atomic E-state index is 13.3. The molecule has 2 N–H and O–H groups in total. The van der Waals surface area contributed by atoms with Crippen molar-refractivity contribution in [1.82, 2.24) is 13.3 Å². The highest BCUT2D eigenvalue weighted by molar-refractivity contribution is 7.92. The van der Waals surface area contributed by atoms with Crippen molar-refractivity contribution < 1.29 is 23.1 Å². The SMILES string of the molecule is COc1ccc(Cn2c(C(=O)O)c(-c3ccc4nsnc4c3)c3cc(NS(=O)(=O)c4ccccc4C)ccc32)cc1. The van der Waals surface area contributed by atoms with E-state index in [1.807, 2.05) is 36.4 Å². The molecule has 206 valence electrons.